The van der Waals surface area contributed by atoms with Crippen molar-refractivity contribution in [1.29, 1.82) is 0 Å². The number of nitrogens with zero attached hydrogens (tertiary/aromatic N) is 2. The minimum atomic E-state index is 0.136. The quantitative estimate of drug-likeness (QED) is 0.743. The van der Waals surface area contributed by atoms with Crippen molar-refractivity contribution >= 4 is 0 Å². The van der Waals surface area contributed by atoms with E-state index in [2.05, 4.69) is 37.5 Å². The van der Waals surface area contributed by atoms with Crippen LogP contribution in [0.2, 0.25) is 0 Å². The number of hydrogen-bond donors (Lipinski definition) is 1. The number of nitrogens with two attached hydrogens (primary N) is 1. The van der Waals surface area contributed by atoms with Gasteiger partial charge in [0.25, 0.3) is 0 Å². The summed E-state index contributed by atoms with van der Waals surface area (Å²) in [7, 11) is 1.77. The van der Waals surface area contributed by atoms with Gasteiger partial charge in [0.15, 0.2) is 0 Å². The lowest BCUT2D eigenvalue weighted by Gasteiger charge is -2.44. The maximum absolute atomic E-state index is 6.13. The lowest BCUT2D eigenvalue weighted by atomic mass is 9.94. The van der Waals surface area contributed by atoms with Crippen molar-refractivity contribution in [1.82, 2.24) is 9.80 Å². The molecule has 0 radical (unpaired) electrons. The third kappa shape index (κ3) is 3.23. The second-order valence-corrected chi connectivity index (χ2v) is 5.83. The SMILES string of the molecule is CCN(C(C)COC)C1(CN)CCN(C(C)C)C1. The van der Waals surface area contributed by atoms with E-state index in [4.69, 9.17) is 10.5 Å². The highest BCUT2D eigenvalue weighted by atomic mass is 16.5. The summed E-state index contributed by atoms with van der Waals surface area (Å²) in [6.45, 7) is 13.8. The zero-order valence-electron chi connectivity index (χ0n) is 12.8. The van der Waals surface area contributed by atoms with Crippen LogP contribution >= 0.6 is 0 Å². The smallest absolute Gasteiger partial charge is 0.0615 e. The van der Waals surface area contributed by atoms with Gasteiger partial charge >= 0.3 is 0 Å². The van der Waals surface area contributed by atoms with Gasteiger partial charge in [0.05, 0.1) is 6.61 Å². The molecule has 0 aromatic carbocycles. The number of rotatable bonds is 7. The van der Waals surface area contributed by atoms with E-state index < -0.39 is 0 Å². The molecule has 0 aromatic rings. The molecule has 0 aliphatic carbocycles. The molecule has 108 valence electrons. The van der Waals surface area contributed by atoms with Gasteiger partial charge in [-0.25, -0.2) is 0 Å². The van der Waals surface area contributed by atoms with Crippen LogP contribution in [0.4, 0.5) is 0 Å². The van der Waals surface area contributed by atoms with E-state index in [1.54, 1.807) is 7.11 Å². The first-order chi connectivity index (χ1) is 8.50. The van der Waals surface area contributed by atoms with Crippen molar-refractivity contribution in [3.8, 4) is 0 Å². The van der Waals surface area contributed by atoms with E-state index in [1.165, 1.54) is 6.42 Å². The maximum Gasteiger partial charge on any atom is 0.0615 e. The molecular weight excluding hydrogens is 226 g/mol. The van der Waals surface area contributed by atoms with Crippen molar-refractivity contribution in [2.24, 2.45) is 5.73 Å². The van der Waals surface area contributed by atoms with Crippen LogP contribution in [0, 0.1) is 0 Å². The molecule has 18 heavy (non-hydrogen) atoms. The summed E-state index contributed by atoms with van der Waals surface area (Å²) >= 11 is 0. The Morgan fingerprint density at radius 1 is 1.39 bits per heavy atom. The molecular formula is C14H31N3O. The van der Waals surface area contributed by atoms with Crippen molar-refractivity contribution in [2.75, 3.05) is 39.9 Å². The van der Waals surface area contributed by atoms with Gasteiger partial charge < -0.3 is 10.5 Å². The molecule has 2 N–H and O–H groups in total. The van der Waals surface area contributed by atoms with Gasteiger partial charge in [-0.1, -0.05) is 6.92 Å². The summed E-state index contributed by atoms with van der Waals surface area (Å²) in [5.41, 5.74) is 6.27. The van der Waals surface area contributed by atoms with E-state index in [9.17, 15) is 0 Å². The summed E-state index contributed by atoms with van der Waals surface area (Å²) in [6.07, 6.45) is 1.17. The molecule has 0 saturated carbocycles. The van der Waals surface area contributed by atoms with Gasteiger partial charge in [0.2, 0.25) is 0 Å². The number of ether oxygens (including phenoxy) is 1. The first kappa shape index (κ1) is 15.9. The van der Waals surface area contributed by atoms with Gasteiger partial charge in [-0.05, 0) is 33.7 Å². The Kier molecular flexibility index (Phi) is 6.05. The third-order valence-corrected chi connectivity index (χ3v) is 4.36. The molecule has 4 nitrogen and oxygen atoms in total. The molecule has 1 rings (SSSR count). The third-order valence-electron chi connectivity index (χ3n) is 4.36. The largest absolute Gasteiger partial charge is 0.383 e. The standard InChI is InChI=1S/C14H31N3O/c1-6-17(13(4)9-18-5)14(10-15)7-8-16(11-14)12(2)3/h12-13H,6-11,15H2,1-5H3. The maximum atomic E-state index is 6.13. The minimum Gasteiger partial charge on any atom is -0.383 e. The lowest BCUT2D eigenvalue weighted by Crippen LogP contribution is -2.59. The molecule has 4 heteroatoms. The fourth-order valence-corrected chi connectivity index (χ4v) is 3.29. The Labute approximate surface area is 112 Å². The number of likely N-dealkylation sites (N-methyl/N-ethyl adjacent to an activating group) is 1. The molecule has 0 amide bonds. The monoisotopic (exact) mass is 257 g/mol. The highest BCUT2D eigenvalue weighted by Crippen LogP contribution is 2.30. The molecule has 1 fully saturated rings. The fourth-order valence-electron chi connectivity index (χ4n) is 3.29. The summed E-state index contributed by atoms with van der Waals surface area (Å²) in [6, 6.07) is 1.03. The molecule has 1 aliphatic rings. The Morgan fingerprint density at radius 2 is 2.06 bits per heavy atom. The van der Waals surface area contributed by atoms with Crippen LogP contribution in [0.3, 0.4) is 0 Å². The van der Waals surface area contributed by atoms with Crippen molar-refractivity contribution in [3.05, 3.63) is 0 Å². The highest BCUT2D eigenvalue weighted by Gasteiger charge is 2.43. The van der Waals surface area contributed by atoms with Crippen LogP contribution in [0.1, 0.15) is 34.1 Å². The van der Waals surface area contributed by atoms with Gasteiger partial charge in [-0.2, -0.15) is 0 Å². The number of hydrogen-bond acceptors (Lipinski definition) is 4. The zero-order valence-corrected chi connectivity index (χ0v) is 12.8. The Hall–Kier alpha value is -0.160. The van der Waals surface area contributed by atoms with Crippen LogP contribution in [-0.4, -0.2) is 67.3 Å². The average molecular weight is 257 g/mol. The molecule has 1 saturated heterocycles. The molecule has 2 unspecified atom stereocenters. The van der Waals surface area contributed by atoms with Crippen LogP contribution in [-0.2, 0) is 4.74 Å². The Bertz CT molecular complexity index is 247. The lowest BCUT2D eigenvalue weighted by molar-refractivity contribution is 0.0229. The van der Waals surface area contributed by atoms with Gasteiger partial charge in [0.1, 0.15) is 0 Å². The first-order valence-electron chi connectivity index (χ1n) is 7.20. The van der Waals surface area contributed by atoms with E-state index in [1.807, 2.05) is 0 Å². The summed E-state index contributed by atoms with van der Waals surface area (Å²) in [5.74, 6) is 0. The normalized spacial score (nSPS) is 27.3. The van der Waals surface area contributed by atoms with E-state index in [0.717, 1.165) is 32.8 Å². The summed E-state index contributed by atoms with van der Waals surface area (Å²) in [5, 5.41) is 0. The van der Waals surface area contributed by atoms with Crippen LogP contribution in [0.15, 0.2) is 0 Å². The van der Waals surface area contributed by atoms with Crippen molar-refractivity contribution in [3.63, 3.8) is 0 Å². The minimum absolute atomic E-state index is 0.136. The fraction of sp³-hybridized carbons (Fsp3) is 1.00. The number of likely N-dealkylation sites (tertiary alicyclic amines) is 1. The van der Waals surface area contributed by atoms with Crippen molar-refractivity contribution < 1.29 is 4.74 Å². The van der Waals surface area contributed by atoms with Gasteiger partial charge in [0, 0.05) is 44.4 Å². The topological polar surface area (TPSA) is 41.7 Å². The summed E-state index contributed by atoms with van der Waals surface area (Å²) in [4.78, 5) is 5.08. The average Bonchev–Trinajstić information content (AvgIpc) is 2.76. The predicted molar refractivity (Wildman–Crippen MR) is 76.8 cm³/mol. The highest BCUT2D eigenvalue weighted by molar-refractivity contribution is 5.01. The number of methoxy groups -OCH3 is 1. The van der Waals surface area contributed by atoms with E-state index >= 15 is 0 Å². The van der Waals surface area contributed by atoms with Crippen LogP contribution in [0.5, 0.6) is 0 Å². The molecule has 0 aromatic heterocycles. The molecule has 0 spiro atoms. The molecule has 0 bridgehead atoms. The zero-order chi connectivity index (χ0) is 13.8. The van der Waals surface area contributed by atoms with E-state index in [0.29, 0.717) is 12.1 Å². The van der Waals surface area contributed by atoms with Crippen LogP contribution in [0.25, 0.3) is 0 Å². The van der Waals surface area contributed by atoms with Gasteiger partial charge in [-0.15, -0.1) is 0 Å². The molecule has 1 heterocycles. The van der Waals surface area contributed by atoms with Crippen molar-refractivity contribution in [2.45, 2.75) is 51.7 Å². The van der Waals surface area contributed by atoms with Gasteiger partial charge in [-0.3, -0.25) is 9.80 Å². The molecule has 2 atom stereocenters. The second-order valence-electron chi connectivity index (χ2n) is 5.83. The predicted octanol–water partition coefficient (Wildman–Crippen LogP) is 1.15. The van der Waals surface area contributed by atoms with Crippen LogP contribution < -0.4 is 5.73 Å². The Balaban J connectivity index is 2.80. The summed E-state index contributed by atoms with van der Waals surface area (Å²) < 4.78 is 5.31. The first-order valence-corrected chi connectivity index (χ1v) is 7.20. The van der Waals surface area contributed by atoms with E-state index in [-0.39, 0.29) is 5.54 Å². The Morgan fingerprint density at radius 3 is 2.44 bits per heavy atom. The molecule has 1 aliphatic heterocycles. The second kappa shape index (κ2) is 6.85.